The summed E-state index contributed by atoms with van der Waals surface area (Å²) in [5.74, 6) is -0.203. The highest BCUT2D eigenvalue weighted by Crippen LogP contribution is 2.14. The third-order valence-corrected chi connectivity index (χ3v) is 3.26. The zero-order valence-corrected chi connectivity index (χ0v) is 11.3. The maximum Gasteiger partial charge on any atom is 0.251 e. The van der Waals surface area contributed by atoms with Crippen LogP contribution < -0.4 is 11.1 Å². The van der Waals surface area contributed by atoms with Crippen LogP contribution in [-0.4, -0.2) is 23.2 Å². The molecule has 1 aromatic carbocycles. The van der Waals surface area contributed by atoms with E-state index < -0.39 is 5.60 Å². The number of amides is 1. The Kier molecular flexibility index (Phi) is 4.73. The van der Waals surface area contributed by atoms with Crippen LogP contribution in [0.3, 0.4) is 0 Å². The molecule has 0 spiro atoms. The number of aryl methyl sites for hydroxylation is 1. The van der Waals surface area contributed by atoms with Gasteiger partial charge in [0.2, 0.25) is 0 Å². The van der Waals surface area contributed by atoms with Gasteiger partial charge in [-0.05, 0) is 43.5 Å². The number of benzene rings is 1. The van der Waals surface area contributed by atoms with Gasteiger partial charge < -0.3 is 16.2 Å². The van der Waals surface area contributed by atoms with Gasteiger partial charge in [0.1, 0.15) is 0 Å². The molecule has 0 bridgehead atoms. The summed E-state index contributed by atoms with van der Waals surface area (Å²) in [5, 5.41) is 12.8. The van der Waals surface area contributed by atoms with E-state index in [1.54, 1.807) is 12.1 Å². The molecule has 0 saturated carbocycles. The number of hydrogen-bond donors (Lipinski definition) is 3. The van der Waals surface area contributed by atoms with Crippen molar-refractivity contribution in [3.05, 3.63) is 29.3 Å². The first-order valence-electron chi connectivity index (χ1n) is 6.28. The van der Waals surface area contributed by atoms with E-state index in [2.05, 4.69) is 5.32 Å². The zero-order valence-electron chi connectivity index (χ0n) is 11.3. The van der Waals surface area contributed by atoms with Crippen molar-refractivity contribution in [1.82, 2.24) is 5.32 Å². The van der Waals surface area contributed by atoms with Crippen LogP contribution >= 0.6 is 0 Å². The summed E-state index contributed by atoms with van der Waals surface area (Å²) in [6.07, 6.45) is 1.22. The van der Waals surface area contributed by atoms with Gasteiger partial charge in [-0.3, -0.25) is 4.79 Å². The van der Waals surface area contributed by atoms with Gasteiger partial charge in [0.25, 0.3) is 5.91 Å². The molecular weight excluding hydrogens is 228 g/mol. The first-order valence-corrected chi connectivity index (χ1v) is 6.28. The van der Waals surface area contributed by atoms with Crippen molar-refractivity contribution in [2.75, 3.05) is 12.3 Å². The molecule has 0 saturated heterocycles. The van der Waals surface area contributed by atoms with E-state index >= 15 is 0 Å². The van der Waals surface area contributed by atoms with Gasteiger partial charge in [-0.15, -0.1) is 0 Å². The predicted octanol–water partition coefficient (Wildman–Crippen LogP) is 1.86. The van der Waals surface area contributed by atoms with Crippen LogP contribution in [0.1, 0.15) is 42.6 Å². The summed E-state index contributed by atoms with van der Waals surface area (Å²) < 4.78 is 0. The fourth-order valence-electron chi connectivity index (χ4n) is 1.79. The summed E-state index contributed by atoms with van der Waals surface area (Å²) >= 11 is 0. The Morgan fingerprint density at radius 2 is 1.94 bits per heavy atom. The van der Waals surface area contributed by atoms with Crippen LogP contribution in [0.5, 0.6) is 0 Å². The van der Waals surface area contributed by atoms with Crippen molar-refractivity contribution in [1.29, 1.82) is 0 Å². The lowest BCUT2D eigenvalue weighted by Gasteiger charge is -2.25. The molecule has 1 amide bonds. The molecule has 4 heteroatoms. The minimum absolute atomic E-state index is 0.203. The van der Waals surface area contributed by atoms with Crippen molar-refractivity contribution in [3.63, 3.8) is 0 Å². The molecule has 0 unspecified atom stereocenters. The Labute approximate surface area is 108 Å². The highest BCUT2D eigenvalue weighted by Gasteiger charge is 2.23. The van der Waals surface area contributed by atoms with Crippen LogP contribution in [0.2, 0.25) is 0 Å². The molecule has 1 rings (SSSR count). The van der Waals surface area contributed by atoms with Crippen LogP contribution in [0.15, 0.2) is 18.2 Å². The molecule has 1 aromatic rings. The Morgan fingerprint density at radius 3 is 2.44 bits per heavy atom. The topological polar surface area (TPSA) is 75.3 Å². The smallest absolute Gasteiger partial charge is 0.251 e. The number of nitrogens with two attached hydrogens (primary N) is 1. The molecule has 0 aliphatic rings. The van der Waals surface area contributed by atoms with Gasteiger partial charge in [0.15, 0.2) is 0 Å². The third kappa shape index (κ3) is 3.74. The minimum atomic E-state index is -0.828. The van der Waals surface area contributed by atoms with Gasteiger partial charge >= 0.3 is 0 Å². The largest absolute Gasteiger partial charge is 0.399 e. The average molecular weight is 250 g/mol. The zero-order chi connectivity index (χ0) is 13.8. The number of nitrogen functional groups attached to an aromatic ring is 1. The maximum absolute atomic E-state index is 11.9. The summed E-state index contributed by atoms with van der Waals surface area (Å²) in [6.45, 7) is 5.95. The number of carbonyl (C=O) groups excluding carboxylic acids is 1. The quantitative estimate of drug-likeness (QED) is 0.698. The summed E-state index contributed by atoms with van der Waals surface area (Å²) in [6, 6.07) is 5.23. The molecule has 4 N–H and O–H groups in total. The average Bonchev–Trinajstić information content (AvgIpc) is 2.34. The summed E-state index contributed by atoms with van der Waals surface area (Å²) in [5.41, 5.74) is 6.92. The van der Waals surface area contributed by atoms with Crippen LogP contribution in [-0.2, 0) is 0 Å². The van der Waals surface area contributed by atoms with E-state index in [0.29, 0.717) is 24.1 Å². The number of carbonyl (C=O) groups is 1. The summed E-state index contributed by atoms with van der Waals surface area (Å²) in [4.78, 5) is 11.9. The number of aliphatic hydroxyl groups is 1. The highest BCUT2D eigenvalue weighted by atomic mass is 16.3. The van der Waals surface area contributed by atoms with Gasteiger partial charge in [0, 0.05) is 17.8 Å². The van der Waals surface area contributed by atoms with E-state index in [1.165, 1.54) is 0 Å². The standard InChI is InChI=1S/C14H22N2O2/c1-4-14(18,5-2)9-16-13(17)11-6-10(3)7-12(15)8-11/h6-8,18H,4-5,9,15H2,1-3H3,(H,16,17). The second-order valence-corrected chi connectivity index (χ2v) is 4.75. The van der Waals surface area contributed by atoms with Crippen molar-refractivity contribution in [2.45, 2.75) is 39.2 Å². The van der Waals surface area contributed by atoms with Crippen molar-refractivity contribution in [2.24, 2.45) is 0 Å². The molecule has 0 atom stereocenters. The summed E-state index contributed by atoms with van der Waals surface area (Å²) in [7, 11) is 0. The molecule has 0 fully saturated rings. The first kappa shape index (κ1) is 14.5. The van der Waals surface area contributed by atoms with Crippen molar-refractivity contribution in [3.8, 4) is 0 Å². The van der Waals surface area contributed by atoms with E-state index in [9.17, 15) is 9.90 Å². The van der Waals surface area contributed by atoms with Crippen molar-refractivity contribution >= 4 is 11.6 Å². The molecule has 0 aromatic heterocycles. The van der Waals surface area contributed by atoms with Crippen molar-refractivity contribution < 1.29 is 9.90 Å². The molecule has 0 heterocycles. The lowest BCUT2D eigenvalue weighted by molar-refractivity contribution is 0.0314. The lowest BCUT2D eigenvalue weighted by atomic mass is 9.97. The fraction of sp³-hybridized carbons (Fsp3) is 0.500. The normalized spacial score (nSPS) is 11.3. The molecule has 0 aliphatic carbocycles. The Hall–Kier alpha value is -1.55. The monoisotopic (exact) mass is 250 g/mol. The molecule has 18 heavy (non-hydrogen) atoms. The highest BCUT2D eigenvalue weighted by molar-refractivity contribution is 5.95. The fourth-order valence-corrected chi connectivity index (χ4v) is 1.79. The molecule has 100 valence electrons. The SMILES string of the molecule is CCC(O)(CC)CNC(=O)c1cc(C)cc(N)c1. The van der Waals surface area contributed by atoms with E-state index in [1.807, 2.05) is 26.8 Å². The molecule has 0 aliphatic heterocycles. The molecule has 0 radical (unpaired) electrons. The van der Waals surface area contributed by atoms with E-state index in [0.717, 1.165) is 5.56 Å². The number of anilines is 1. The number of rotatable bonds is 5. The molecular formula is C14H22N2O2. The minimum Gasteiger partial charge on any atom is -0.399 e. The number of nitrogens with one attached hydrogen (secondary N) is 1. The van der Waals surface area contributed by atoms with Gasteiger partial charge in [-0.25, -0.2) is 0 Å². The van der Waals surface area contributed by atoms with E-state index in [4.69, 9.17) is 5.73 Å². The Bertz CT molecular complexity index is 406. The van der Waals surface area contributed by atoms with Crippen LogP contribution in [0, 0.1) is 6.92 Å². The third-order valence-electron chi connectivity index (χ3n) is 3.26. The van der Waals surface area contributed by atoms with Crippen LogP contribution in [0.4, 0.5) is 5.69 Å². The number of hydrogen-bond acceptors (Lipinski definition) is 3. The lowest BCUT2D eigenvalue weighted by Crippen LogP contribution is -2.42. The van der Waals surface area contributed by atoms with Gasteiger partial charge in [-0.1, -0.05) is 13.8 Å². The second kappa shape index (κ2) is 5.87. The molecule has 4 nitrogen and oxygen atoms in total. The Morgan fingerprint density at radius 1 is 1.33 bits per heavy atom. The maximum atomic E-state index is 11.9. The first-order chi connectivity index (χ1) is 8.40. The second-order valence-electron chi connectivity index (χ2n) is 4.75. The van der Waals surface area contributed by atoms with Gasteiger partial charge in [-0.2, -0.15) is 0 Å². The van der Waals surface area contributed by atoms with E-state index in [-0.39, 0.29) is 12.5 Å². The van der Waals surface area contributed by atoms with Crippen LogP contribution in [0.25, 0.3) is 0 Å². The predicted molar refractivity (Wildman–Crippen MR) is 73.5 cm³/mol. The Balaban J connectivity index is 2.71. The van der Waals surface area contributed by atoms with Gasteiger partial charge in [0.05, 0.1) is 5.60 Å².